The molecule has 1 aromatic carbocycles. The van der Waals surface area contributed by atoms with Crippen LogP contribution in [0.2, 0.25) is 0 Å². The molecule has 0 amide bonds. The lowest BCUT2D eigenvalue weighted by Crippen LogP contribution is -1.88. The molecular formula is C11H10N2O2. The standard InChI is InChI=1S/C11H10N2O2/c1-15-11-9(7-14)12-13-10(11)8-5-3-2-4-6-8/h2-7H,1H3,(H,12,13). The Bertz CT molecular complexity index is 463. The summed E-state index contributed by atoms with van der Waals surface area (Å²) < 4.78 is 5.14. The number of rotatable bonds is 3. The highest BCUT2D eigenvalue weighted by Crippen LogP contribution is 2.29. The second-order valence-corrected chi connectivity index (χ2v) is 3.00. The summed E-state index contributed by atoms with van der Waals surface area (Å²) in [5, 5.41) is 6.68. The molecule has 15 heavy (non-hydrogen) atoms. The maximum Gasteiger partial charge on any atom is 0.175 e. The lowest BCUT2D eigenvalue weighted by Gasteiger charge is -2.00. The first-order valence-corrected chi connectivity index (χ1v) is 4.49. The maximum atomic E-state index is 10.7. The summed E-state index contributed by atoms with van der Waals surface area (Å²) in [7, 11) is 1.52. The first kappa shape index (κ1) is 9.45. The van der Waals surface area contributed by atoms with Crippen LogP contribution in [0.25, 0.3) is 11.3 Å². The third-order valence-corrected chi connectivity index (χ3v) is 2.12. The van der Waals surface area contributed by atoms with E-state index >= 15 is 0 Å². The van der Waals surface area contributed by atoms with Gasteiger partial charge in [-0.2, -0.15) is 5.10 Å². The summed E-state index contributed by atoms with van der Waals surface area (Å²) in [6, 6.07) is 9.55. The number of aldehydes is 1. The molecule has 0 saturated heterocycles. The first-order chi connectivity index (χ1) is 7.36. The predicted molar refractivity (Wildman–Crippen MR) is 56.0 cm³/mol. The van der Waals surface area contributed by atoms with E-state index in [0.717, 1.165) is 5.56 Å². The Morgan fingerprint density at radius 3 is 2.67 bits per heavy atom. The molecule has 4 heteroatoms. The van der Waals surface area contributed by atoms with Crippen LogP contribution in [0.15, 0.2) is 30.3 Å². The van der Waals surface area contributed by atoms with Crippen molar-refractivity contribution in [1.29, 1.82) is 0 Å². The molecule has 0 spiro atoms. The summed E-state index contributed by atoms with van der Waals surface area (Å²) in [4.78, 5) is 10.7. The molecule has 0 fully saturated rings. The van der Waals surface area contributed by atoms with Crippen LogP contribution in [0, 0.1) is 0 Å². The number of benzene rings is 1. The van der Waals surface area contributed by atoms with Gasteiger partial charge in [0.25, 0.3) is 0 Å². The molecule has 0 aliphatic rings. The second kappa shape index (κ2) is 3.96. The third-order valence-electron chi connectivity index (χ3n) is 2.12. The molecular weight excluding hydrogens is 192 g/mol. The van der Waals surface area contributed by atoms with E-state index in [1.54, 1.807) is 0 Å². The number of carbonyl (C=O) groups is 1. The fraction of sp³-hybridized carbons (Fsp3) is 0.0909. The molecule has 0 bridgehead atoms. The highest BCUT2D eigenvalue weighted by atomic mass is 16.5. The normalized spacial score (nSPS) is 9.93. The molecule has 0 atom stereocenters. The van der Waals surface area contributed by atoms with Gasteiger partial charge < -0.3 is 4.74 Å². The summed E-state index contributed by atoms with van der Waals surface area (Å²) in [6.07, 6.45) is 0.693. The Hall–Kier alpha value is -2.10. The van der Waals surface area contributed by atoms with Gasteiger partial charge in [0.2, 0.25) is 0 Å². The molecule has 1 N–H and O–H groups in total. The molecule has 2 rings (SSSR count). The number of nitrogens with one attached hydrogen (secondary N) is 1. The van der Waals surface area contributed by atoms with E-state index in [1.165, 1.54) is 7.11 Å². The van der Waals surface area contributed by atoms with Gasteiger partial charge in [0.05, 0.1) is 7.11 Å². The summed E-state index contributed by atoms with van der Waals surface area (Å²) in [5.74, 6) is 0.483. The minimum atomic E-state index is 0.358. The summed E-state index contributed by atoms with van der Waals surface area (Å²) in [5.41, 5.74) is 1.93. The van der Waals surface area contributed by atoms with Crippen LogP contribution in [-0.4, -0.2) is 23.6 Å². The summed E-state index contributed by atoms with van der Waals surface area (Å²) >= 11 is 0. The first-order valence-electron chi connectivity index (χ1n) is 4.49. The van der Waals surface area contributed by atoms with Gasteiger partial charge in [0.1, 0.15) is 11.4 Å². The Morgan fingerprint density at radius 1 is 1.33 bits per heavy atom. The predicted octanol–water partition coefficient (Wildman–Crippen LogP) is 1.90. The molecule has 1 heterocycles. The average Bonchev–Trinajstić information content (AvgIpc) is 2.72. The Morgan fingerprint density at radius 2 is 2.07 bits per heavy atom. The van der Waals surface area contributed by atoms with Crippen molar-refractivity contribution in [1.82, 2.24) is 10.2 Å². The number of ether oxygens (including phenoxy) is 1. The van der Waals surface area contributed by atoms with Gasteiger partial charge >= 0.3 is 0 Å². The average molecular weight is 202 g/mol. The highest BCUT2D eigenvalue weighted by Gasteiger charge is 2.14. The Labute approximate surface area is 86.9 Å². The van der Waals surface area contributed by atoms with Crippen LogP contribution in [0.1, 0.15) is 10.5 Å². The van der Waals surface area contributed by atoms with E-state index < -0.39 is 0 Å². The van der Waals surface area contributed by atoms with Gasteiger partial charge in [0, 0.05) is 5.56 Å². The van der Waals surface area contributed by atoms with Gasteiger partial charge in [-0.1, -0.05) is 30.3 Å². The van der Waals surface area contributed by atoms with Crippen LogP contribution in [0.5, 0.6) is 5.75 Å². The van der Waals surface area contributed by atoms with Crippen molar-refractivity contribution < 1.29 is 9.53 Å². The molecule has 0 unspecified atom stereocenters. The molecule has 4 nitrogen and oxygen atoms in total. The van der Waals surface area contributed by atoms with Gasteiger partial charge in [0.15, 0.2) is 12.0 Å². The fourth-order valence-electron chi connectivity index (χ4n) is 1.42. The third kappa shape index (κ3) is 1.61. The molecule has 0 saturated carbocycles. The van der Waals surface area contributed by atoms with E-state index in [4.69, 9.17) is 4.74 Å². The van der Waals surface area contributed by atoms with E-state index in [2.05, 4.69) is 10.2 Å². The highest BCUT2D eigenvalue weighted by molar-refractivity contribution is 5.82. The van der Waals surface area contributed by atoms with E-state index in [-0.39, 0.29) is 0 Å². The lowest BCUT2D eigenvalue weighted by atomic mass is 10.1. The van der Waals surface area contributed by atoms with Crippen LogP contribution in [-0.2, 0) is 0 Å². The van der Waals surface area contributed by atoms with Gasteiger partial charge in [-0.05, 0) is 0 Å². The van der Waals surface area contributed by atoms with Crippen LogP contribution in [0.4, 0.5) is 0 Å². The van der Waals surface area contributed by atoms with Crippen molar-refractivity contribution in [3.8, 4) is 17.0 Å². The molecule has 2 aromatic rings. The zero-order valence-electron chi connectivity index (χ0n) is 8.23. The molecule has 0 radical (unpaired) electrons. The topological polar surface area (TPSA) is 55.0 Å². The molecule has 0 aliphatic heterocycles. The number of hydrogen-bond acceptors (Lipinski definition) is 3. The van der Waals surface area contributed by atoms with Crippen molar-refractivity contribution in [3.05, 3.63) is 36.0 Å². The van der Waals surface area contributed by atoms with E-state index in [9.17, 15) is 4.79 Å². The van der Waals surface area contributed by atoms with Gasteiger partial charge in [-0.15, -0.1) is 0 Å². The summed E-state index contributed by atoms with van der Waals surface area (Å²) in [6.45, 7) is 0. The lowest BCUT2D eigenvalue weighted by molar-refractivity contribution is 0.111. The van der Waals surface area contributed by atoms with Gasteiger partial charge in [-0.3, -0.25) is 9.89 Å². The van der Waals surface area contributed by atoms with E-state index in [0.29, 0.717) is 23.4 Å². The van der Waals surface area contributed by atoms with Crippen molar-refractivity contribution in [2.24, 2.45) is 0 Å². The number of nitrogens with zero attached hydrogens (tertiary/aromatic N) is 1. The van der Waals surface area contributed by atoms with Crippen molar-refractivity contribution >= 4 is 6.29 Å². The SMILES string of the molecule is COc1c(-c2ccccc2)n[nH]c1C=O. The van der Waals surface area contributed by atoms with Crippen molar-refractivity contribution in [3.63, 3.8) is 0 Å². The zero-order chi connectivity index (χ0) is 10.7. The van der Waals surface area contributed by atoms with Crippen molar-refractivity contribution in [2.45, 2.75) is 0 Å². The van der Waals surface area contributed by atoms with Gasteiger partial charge in [-0.25, -0.2) is 0 Å². The number of aromatic nitrogens is 2. The Kier molecular flexibility index (Phi) is 2.49. The largest absolute Gasteiger partial charge is 0.492 e. The monoisotopic (exact) mass is 202 g/mol. The second-order valence-electron chi connectivity index (χ2n) is 3.00. The number of carbonyl (C=O) groups excluding carboxylic acids is 1. The van der Waals surface area contributed by atoms with Crippen LogP contribution in [0.3, 0.4) is 0 Å². The van der Waals surface area contributed by atoms with Crippen LogP contribution >= 0.6 is 0 Å². The molecule has 1 aromatic heterocycles. The van der Waals surface area contributed by atoms with Crippen LogP contribution < -0.4 is 4.74 Å². The maximum absolute atomic E-state index is 10.7. The number of methoxy groups -OCH3 is 1. The molecule has 0 aliphatic carbocycles. The smallest absolute Gasteiger partial charge is 0.175 e. The van der Waals surface area contributed by atoms with E-state index in [1.807, 2.05) is 30.3 Å². The minimum Gasteiger partial charge on any atom is -0.492 e. The molecule has 76 valence electrons. The quantitative estimate of drug-likeness (QED) is 0.773. The minimum absolute atomic E-state index is 0.358. The Balaban J connectivity index is 2.54. The number of H-pyrrole nitrogens is 1. The number of hydrogen-bond donors (Lipinski definition) is 1. The van der Waals surface area contributed by atoms with Crippen molar-refractivity contribution in [2.75, 3.05) is 7.11 Å². The number of aromatic amines is 1. The fourth-order valence-corrected chi connectivity index (χ4v) is 1.42. The zero-order valence-corrected chi connectivity index (χ0v) is 8.23.